The van der Waals surface area contributed by atoms with Gasteiger partial charge < -0.3 is 14.8 Å². The van der Waals surface area contributed by atoms with E-state index in [4.69, 9.17) is 9.47 Å². The maximum absolute atomic E-state index is 13.2. The van der Waals surface area contributed by atoms with E-state index in [0.29, 0.717) is 29.3 Å². The molecule has 0 aliphatic carbocycles. The minimum absolute atomic E-state index is 0.111. The van der Waals surface area contributed by atoms with Crippen molar-refractivity contribution in [2.45, 2.75) is 4.90 Å². The smallest absolute Gasteiger partial charge is 0.340 e. The molecule has 3 aromatic rings. The Morgan fingerprint density at radius 2 is 1.75 bits per heavy atom. The summed E-state index contributed by atoms with van der Waals surface area (Å²) in [5, 5.41) is 4.38. The molecular formula is C25H23FN2O6S2. The Kier molecular flexibility index (Phi) is 8.26. The number of amides is 1. The fraction of sp³-hybridized carbons (Fsp3) is 0.200. The Labute approximate surface area is 212 Å². The monoisotopic (exact) mass is 530 g/mol. The number of hydrogen-bond acceptors (Lipinski definition) is 7. The highest BCUT2D eigenvalue weighted by atomic mass is 32.2. The quantitative estimate of drug-likeness (QED) is 0.353. The van der Waals surface area contributed by atoms with Gasteiger partial charge in [0.25, 0.3) is 5.91 Å². The van der Waals surface area contributed by atoms with Crippen LogP contribution in [0, 0.1) is 5.82 Å². The highest BCUT2D eigenvalue weighted by Gasteiger charge is 2.26. The molecule has 8 nitrogen and oxygen atoms in total. The molecule has 1 aliphatic heterocycles. The molecule has 0 unspecified atom stereocenters. The zero-order valence-corrected chi connectivity index (χ0v) is 20.7. The molecule has 11 heteroatoms. The fourth-order valence-corrected chi connectivity index (χ4v) is 5.58. The van der Waals surface area contributed by atoms with Crippen molar-refractivity contribution in [1.29, 1.82) is 0 Å². The van der Waals surface area contributed by atoms with E-state index in [2.05, 4.69) is 5.32 Å². The van der Waals surface area contributed by atoms with Crippen molar-refractivity contribution in [3.8, 4) is 0 Å². The third kappa shape index (κ3) is 6.43. The van der Waals surface area contributed by atoms with Gasteiger partial charge in [-0.05, 0) is 59.5 Å². The van der Waals surface area contributed by atoms with E-state index in [0.717, 1.165) is 0 Å². The molecule has 1 amide bonds. The van der Waals surface area contributed by atoms with Crippen molar-refractivity contribution in [2.24, 2.45) is 0 Å². The van der Waals surface area contributed by atoms with E-state index in [1.165, 1.54) is 64.2 Å². The summed E-state index contributed by atoms with van der Waals surface area (Å²) in [4.78, 5) is 25.9. The first-order chi connectivity index (χ1) is 17.3. The van der Waals surface area contributed by atoms with Crippen LogP contribution in [-0.2, 0) is 29.1 Å². The van der Waals surface area contributed by atoms with E-state index < -0.39 is 34.3 Å². The summed E-state index contributed by atoms with van der Waals surface area (Å²) in [5.74, 6) is -1.68. The highest BCUT2D eigenvalue weighted by Crippen LogP contribution is 2.25. The molecule has 2 aromatic carbocycles. The van der Waals surface area contributed by atoms with E-state index >= 15 is 0 Å². The predicted octanol–water partition coefficient (Wildman–Crippen LogP) is 3.63. The molecule has 4 rings (SSSR count). The zero-order chi connectivity index (χ0) is 25.5. The number of nitrogens with zero attached hydrogens (tertiary/aromatic N) is 1. The van der Waals surface area contributed by atoms with Gasteiger partial charge in [-0.3, -0.25) is 4.79 Å². The average Bonchev–Trinajstić information content (AvgIpc) is 3.42. The summed E-state index contributed by atoms with van der Waals surface area (Å²) in [6, 6.07) is 14.9. The van der Waals surface area contributed by atoms with Crippen molar-refractivity contribution in [1.82, 2.24) is 4.31 Å². The standard InChI is InChI=1S/C25H23FN2O6S2/c26-19-5-3-18(4-6-19)16-22(23-2-1-15-35-23)25(30)34-17-24(29)27-20-7-9-21(10-8-20)36(31,32)28-11-13-33-14-12-28/h1-10,15-16H,11-14,17H2,(H,27,29)/b22-16+. The number of rotatable bonds is 8. The van der Waals surface area contributed by atoms with Crippen LogP contribution in [0.4, 0.5) is 10.1 Å². The maximum atomic E-state index is 13.2. The zero-order valence-electron chi connectivity index (χ0n) is 19.1. The minimum atomic E-state index is -3.64. The Balaban J connectivity index is 1.37. The summed E-state index contributed by atoms with van der Waals surface area (Å²) in [6.07, 6.45) is 1.57. The molecule has 36 heavy (non-hydrogen) atoms. The van der Waals surface area contributed by atoms with Gasteiger partial charge in [0.15, 0.2) is 6.61 Å². The molecule has 0 bridgehead atoms. The van der Waals surface area contributed by atoms with E-state index in [1.54, 1.807) is 23.6 Å². The predicted molar refractivity (Wildman–Crippen MR) is 134 cm³/mol. The number of ether oxygens (including phenoxy) is 2. The number of esters is 1. The number of sulfonamides is 1. The first-order valence-electron chi connectivity index (χ1n) is 11.0. The van der Waals surface area contributed by atoms with Crippen LogP contribution in [-0.4, -0.2) is 57.5 Å². The van der Waals surface area contributed by atoms with Crippen molar-refractivity contribution in [3.63, 3.8) is 0 Å². The van der Waals surface area contributed by atoms with Gasteiger partial charge in [-0.1, -0.05) is 18.2 Å². The van der Waals surface area contributed by atoms with Crippen molar-refractivity contribution >= 4 is 50.6 Å². The van der Waals surface area contributed by atoms with Crippen LogP contribution in [0.25, 0.3) is 11.6 Å². The molecule has 1 aromatic heterocycles. The number of thiophene rings is 1. The second-order valence-corrected chi connectivity index (χ2v) is 10.6. The summed E-state index contributed by atoms with van der Waals surface area (Å²) >= 11 is 1.33. The number of carbonyl (C=O) groups is 2. The minimum Gasteiger partial charge on any atom is -0.452 e. The maximum Gasteiger partial charge on any atom is 0.340 e. The first kappa shape index (κ1) is 25.7. The van der Waals surface area contributed by atoms with Gasteiger partial charge in [-0.25, -0.2) is 17.6 Å². The summed E-state index contributed by atoms with van der Waals surface area (Å²) in [6.45, 7) is 0.724. The number of nitrogens with one attached hydrogen (secondary N) is 1. The SMILES string of the molecule is O=C(COC(=O)/C(=C/c1ccc(F)cc1)c1cccs1)Nc1ccc(S(=O)(=O)N2CCOCC2)cc1. The van der Waals surface area contributed by atoms with Crippen molar-refractivity contribution < 1.29 is 31.9 Å². The molecular weight excluding hydrogens is 507 g/mol. The topological polar surface area (TPSA) is 102 Å². The van der Waals surface area contributed by atoms with Crippen molar-refractivity contribution in [3.05, 3.63) is 82.3 Å². The molecule has 0 saturated carbocycles. The number of morpholine rings is 1. The summed E-state index contributed by atoms with van der Waals surface area (Å²) in [7, 11) is -3.64. The second-order valence-electron chi connectivity index (χ2n) is 7.75. The molecule has 0 atom stereocenters. The van der Waals surface area contributed by atoms with Crippen LogP contribution in [0.15, 0.2) is 70.9 Å². The van der Waals surface area contributed by atoms with Crippen LogP contribution in [0.5, 0.6) is 0 Å². The van der Waals surface area contributed by atoms with Gasteiger partial charge >= 0.3 is 5.97 Å². The Morgan fingerprint density at radius 1 is 1.06 bits per heavy atom. The van der Waals surface area contributed by atoms with Gasteiger partial charge in [0.05, 0.1) is 23.7 Å². The van der Waals surface area contributed by atoms with Crippen LogP contribution >= 0.6 is 11.3 Å². The fourth-order valence-electron chi connectivity index (χ4n) is 3.44. The van der Waals surface area contributed by atoms with Gasteiger partial charge in [-0.2, -0.15) is 4.31 Å². The average molecular weight is 531 g/mol. The number of carbonyl (C=O) groups excluding carboxylic acids is 2. The number of benzene rings is 2. The Hall–Kier alpha value is -3.38. The third-order valence-electron chi connectivity index (χ3n) is 5.27. The molecule has 0 spiro atoms. The number of hydrogen-bond donors (Lipinski definition) is 1. The largest absolute Gasteiger partial charge is 0.452 e. The van der Waals surface area contributed by atoms with Gasteiger partial charge in [0.1, 0.15) is 5.82 Å². The van der Waals surface area contributed by atoms with Gasteiger partial charge in [0, 0.05) is 23.7 Å². The lowest BCUT2D eigenvalue weighted by atomic mass is 10.1. The molecule has 188 valence electrons. The third-order valence-corrected chi connectivity index (χ3v) is 8.08. The van der Waals surface area contributed by atoms with Crippen LogP contribution < -0.4 is 5.32 Å². The van der Waals surface area contributed by atoms with E-state index in [1.807, 2.05) is 0 Å². The summed E-state index contributed by atoms with van der Waals surface area (Å²) < 4.78 is 50.4. The number of anilines is 1. The molecule has 1 saturated heterocycles. The summed E-state index contributed by atoms with van der Waals surface area (Å²) in [5.41, 5.74) is 1.20. The highest BCUT2D eigenvalue weighted by molar-refractivity contribution is 7.89. The molecule has 0 radical (unpaired) electrons. The lowest BCUT2D eigenvalue weighted by Crippen LogP contribution is -2.40. The van der Waals surface area contributed by atoms with Crippen molar-refractivity contribution in [2.75, 3.05) is 38.2 Å². The van der Waals surface area contributed by atoms with Crippen LogP contribution in [0.2, 0.25) is 0 Å². The lowest BCUT2D eigenvalue weighted by Gasteiger charge is -2.26. The van der Waals surface area contributed by atoms with E-state index in [9.17, 15) is 22.4 Å². The van der Waals surface area contributed by atoms with Crippen LogP contribution in [0.1, 0.15) is 10.4 Å². The van der Waals surface area contributed by atoms with Gasteiger partial charge in [0.2, 0.25) is 10.0 Å². The Bertz CT molecular complexity index is 1330. The Morgan fingerprint density at radius 3 is 2.39 bits per heavy atom. The second kappa shape index (κ2) is 11.6. The lowest BCUT2D eigenvalue weighted by molar-refractivity contribution is -0.141. The first-order valence-corrected chi connectivity index (χ1v) is 13.3. The van der Waals surface area contributed by atoms with E-state index in [-0.39, 0.29) is 23.6 Å². The number of halogens is 1. The molecule has 1 aliphatic rings. The van der Waals surface area contributed by atoms with Crippen LogP contribution in [0.3, 0.4) is 0 Å². The molecule has 1 fully saturated rings. The molecule has 1 N–H and O–H groups in total. The van der Waals surface area contributed by atoms with Gasteiger partial charge in [-0.15, -0.1) is 11.3 Å². The molecule has 2 heterocycles. The normalized spacial score (nSPS) is 14.9.